The van der Waals surface area contributed by atoms with Crippen LogP contribution in [0.4, 0.5) is 11.5 Å². The van der Waals surface area contributed by atoms with Crippen LogP contribution in [0.5, 0.6) is 0 Å². The summed E-state index contributed by atoms with van der Waals surface area (Å²) in [6, 6.07) is 13.5. The van der Waals surface area contributed by atoms with Crippen LogP contribution in [-0.2, 0) is 17.8 Å². The number of nitrogens with one attached hydrogen (secondary N) is 1. The molecule has 1 N–H and O–H groups in total. The smallest absolute Gasteiger partial charge is 0.275 e. The fourth-order valence-corrected chi connectivity index (χ4v) is 4.30. The Morgan fingerprint density at radius 1 is 1.10 bits per heavy atom. The number of piperidine rings is 1. The van der Waals surface area contributed by atoms with E-state index in [9.17, 15) is 9.59 Å². The van der Waals surface area contributed by atoms with Crippen LogP contribution in [0, 0.1) is 12.8 Å². The van der Waals surface area contributed by atoms with E-state index in [0.29, 0.717) is 11.3 Å². The second kappa shape index (κ2) is 8.92. The van der Waals surface area contributed by atoms with Gasteiger partial charge < -0.3 is 10.2 Å². The second-order valence-corrected chi connectivity index (χ2v) is 8.51. The van der Waals surface area contributed by atoms with Gasteiger partial charge in [-0.3, -0.25) is 9.59 Å². The number of carbonyl (C=O) groups excluding carboxylic acids is 1. The molecule has 6 nitrogen and oxygen atoms in total. The van der Waals surface area contributed by atoms with Gasteiger partial charge in [-0.1, -0.05) is 50.2 Å². The molecule has 3 aromatic rings. The van der Waals surface area contributed by atoms with Gasteiger partial charge in [-0.25, -0.2) is 4.68 Å². The molecular formula is C25H30N4O2. The summed E-state index contributed by atoms with van der Waals surface area (Å²) in [5.41, 5.74) is 2.68. The maximum Gasteiger partial charge on any atom is 0.275 e. The fraction of sp³-hybridized carbons (Fsp3) is 0.400. The molecule has 1 aromatic heterocycles. The predicted octanol–water partition coefficient (Wildman–Crippen LogP) is 4.14. The van der Waals surface area contributed by atoms with Crippen molar-refractivity contribution in [1.82, 2.24) is 9.78 Å². The van der Waals surface area contributed by atoms with E-state index < -0.39 is 0 Å². The number of rotatable bonds is 5. The minimum Gasteiger partial charge on any atom is -0.355 e. The molecule has 0 spiro atoms. The van der Waals surface area contributed by atoms with Crippen molar-refractivity contribution in [3.8, 4) is 0 Å². The summed E-state index contributed by atoms with van der Waals surface area (Å²) in [5, 5.41) is 9.12. The van der Waals surface area contributed by atoms with E-state index in [4.69, 9.17) is 0 Å². The Balaban J connectivity index is 1.67. The molecule has 0 atom stereocenters. The van der Waals surface area contributed by atoms with E-state index >= 15 is 0 Å². The van der Waals surface area contributed by atoms with Crippen LogP contribution in [0.25, 0.3) is 10.8 Å². The van der Waals surface area contributed by atoms with Crippen molar-refractivity contribution in [2.24, 2.45) is 5.92 Å². The van der Waals surface area contributed by atoms with Crippen LogP contribution in [-0.4, -0.2) is 28.8 Å². The van der Waals surface area contributed by atoms with Gasteiger partial charge in [-0.15, -0.1) is 0 Å². The highest BCUT2D eigenvalue weighted by Crippen LogP contribution is 2.27. The zero-order valence-electron chi connectivity index (χ0n) is 18.5. The van der Waals surface area contributed by atoms with Crippen molar-refractivity contribution in [2.45, 2.75) is 46.6 Å². The van der Waals surface area contributed by atoms with Gasteiger partial charge in [0.1, 0.15) is 6.54 Å². The minimum atomic E-state index is -0.243. The van der Waals surface area contributed by atoms with Crippen LogP contribution < -0.4 is 15.8 Å². The lowest BCUT2D eigenvalue weighted by molar-refractivity contribution is -0.117. The molecule has 1 fully saturated rings. The zero-order valence-corrected chi connectivity index (χ0v) is 18.5. The fourth-order valence-electron chi connectivity index (χ4n) is 4.30. The van der Waals surface area contributed by atoms with E-state index in [2.05, 4.69) is 29.2 Å². The highest BCUT2D eigenvalue weighted by atomic mass is 16.2. The zero-order chi connectivity index (χ0) is 22.0. The number of fused-ring (bicyclic) bond motifs is 1. The lowest BCUT2D eigenvalue weighted by Crippen LogP contribution is -2.37. The molecule has 1 amide bonds. The summed E-state index contributed by atoms with van der Waals surface area (Å²) in [6.45, 7) is 8.01. The molecule has 0 bridgehead atoms. The Bertz CT molecular complexity index is 1160. The Hall–Kier alpha value is -3.15. The number of nitrogens with zero attached hydrogens (tertiary/aromatic N) is 3. The topological polar surface area (TPSA) is 67.2 Å². The normalized spacial score (nSPS) is 14.7. The first kappa shape index (κ1) is 21.1. The molecule has 1 saturated heterocycles. The number of carbonyl (C=O) groups is 1. The largest absolute Gasteiger partial charge is 0.355 e. The Morgan fingerprint density at radius 3 is 2.52 bits per heavy atom. The first-order valence-corrected chi connectivity index (χ1v) is 11.1. The number of amides is 1. The van der Waals surface area contributed by atoms with Crippen molar-refractivity contribution in [2.75, 3.05) is 23.3 Å². The van der Waals surface area contributed by atoms with Crippen molar-refractivity contribution in [1.29, 1.82) is 0 Å². The number of para-hydroxylation sites is 1. The number of hydrogen-bond donors (Lipinski definition) is 1. The Kier molecular flexibility index (Phi) is 6.07. The molecule has 0 unspecified atom stereocenters. The highest BCUT2D eigenvalue weighted by molar-refractivity contribution is 5.94. The average molecular weight is 419 g/mol. The lowest BCUT2D eigenvalue weighted by atomic mass is 9.99. The monoisotopic (exact) mass is 418 g/mol. The first-order chi connectivity index (χ1) is 15.0. The van der Waals surface area contributed by atoms with Crippen molar-refractivity contribution < 1.29 is 4.79 Å². The summed E-state index contributed by atoms with van der Waals surface area (Å²) in [4.78, 5) is 28.2. The molecule has 0 aliphatic carbocycles. The number of aryl methyl sites for hydroxylation is 2. The molecule has 0 saturated carbocycles. The quantitative estimate of drug-likeness (QED) is 0.676. The first-order valence-electron chi connectivity index (χ1n) is 11.1. The second-order valence-electron chi connectivity index (χ2n) is 8.51. The number of anilines is 2. The van der Waals surface area contributed by atoms with E-state index in [1.54, 1.807) is 0 Å². The van der Waals surface area contributed by atoms with Gasteiger partial charge in [-0.05, 0) is 49.3 Å². The van der Waals surface area contributed by atoms with Crippen LogP contribution in [0.1, 0.15) is 37.8 Å². The van der Waals surface area contributed by atoms with Gasteiger partial charge in [0.05, 0.1) is 5.39 Å². The van der Waals surface area contributed by atoms with Gasteiger partial charge in [0.2, 0.25) is 5.91 Å². The molecule has 4 rings (SSSR count). The van der Waals surface area contributed by atoms with Crippen molar-refractivity contribution >= 4 is 28.2 Å². The molecule has 1 aliphatic rings. The third-order valence-electron chi connectivity index (χ3n) is 6.23. The summed E-state index contributed by atoms with van der Waals surface area (Å²) in [7, 11) is 0. The van der Waals surface area contributed by atoms with Gasteiger partial charge in [0.15, 0.2) is 5.82 Å². The average Bonchev–Trinajstić information content (AvgIpc) is 2.78. The number of hydrogen-bond acceptors (Lipinski definition) is 4. The third kappa shape index (κ3) is 4.33. The lowest BCUT2D eigenvalue weighted by Gasteiger charge is -2.32. The van der Waals surface area contributed by atoms with Crippen LogP contribution >= 0.6 is 0 Å². The van der Waals surface area contributed by atoms with E-state index in [-0.39, 0.29) is 18.0 Å². The predicted molar refractivity (Wildman–Crippen MR) is 126 cm³/mol. The van der Waals surface area contributed by atoms with Gasteiger partial charge >= 0.3 is 0 Å². The maximum atomic E-state index is 13.1. The van der Waals surface area contributed by atoms with E-state index in [1.165, 1.54) is 4.68 Å². The van der Waals surface area contributed by atoms with Crippen LogP contribution in [0.3, 0.4) is 0 Å². The summed E-state index contributed by atoms with van der Waals surface area (Å²) >= 11 is 0. The molecule has 162 valence electrons. The molecular weight excluding hydrogens is 388 g/mol. The summed E-state index contributed by atoms with van der Waals surface area (Å²) in [5.74, 6) is 1.24. The Morgan fingerprint density at radius 2 is 1.81 bits per heavy atom. The molecule has 2 aromatic carbocycles. The minimum absolute atomic E-state index is 0.113. The SMILES string of the molecule is CCc1cccc(C)c1NC(=O)Cn1nc(N2CCC(C)CC2)c2ccccc2c1=O. The van der Waals surface area contributed by atoms with Gasteiger partial charge in [0.25, 0.3) is 5.56 Å². The molecule has 0 radical (unpaired) electrons. The van der Waals surface area contributed by atoms with E-state index in [1.807, 2.05) is 49.4 Å². The highest BCUT2D eigenvalue weighted by Gasteiger charge is 2.21. The summed E-state index contributed by atoms with van der Waals surface area (Å²) < 4.78 is 1.31. The van der Waals surface area contributed by atoms with E-state index in [0.717, 1.165) is 60.4 Å². The van der Waals surface area contributed by atoms with Crippen molar-refractivity contribution in [3.63, 3.8) is 0 Å². The van der Waals surface area contributed by atoms with Gasteiger partial charge in [0, 0.05) is 24.2 Å². The standard InChI is InChI=1S/C25H30N4O2/c1-4-19-9-7-8-18(3)23(19)26-22(30)16-29-25(31)21-11-6-5-10-20(21)24(27-29)28-14-12-17(2)13-15-28/h5-11,17H,4,12-16H2,1-3H3,(H,26,30). The van der Waals surface area contributed by atoms with Crippen molar-refractivity contribution in [3.05, 3.63) is 63.9 Å². The maximum absolute atomic E-state index is 13.1. The third-order valence-corrected chi connectivity index (χ3v) is 6.23. The molecule has 2 heterocycles. The number of benzene rings is 2. The Labute approximate surface area is 182 Å². The number of aromatic nitrogens is 2. The van der Waals surface area contributed by atoms with Crippen LogP contribution in [0.2, 0.25) is 0 Å². The summed E-state index contributed by atoms with van der Waals surface area (Å²) in [6.07, 6.45) is 3.02. The molecule has 31 heavy (non-hydrogen) atoms. The molecule has 1 aliphatic heterocycles. The van der Waals surface area contributed by atoms with Gasteiger partial charge in [-0.2, -0.15) is 5.10 Å². The molecule has 6 heteroatoms. The van der Waals surface area contributed by atoms with Crippen LogP contribution in [0.15, 0.2) is 47.3 Å².